The molecule has 4 atom stereocenters. The minimum absolute atomic E-state index is 0.142. The van der Waals surface area contributed by atoms with Gasteiger partial charge in [-0.25, -0.2) is 9.97 Å². The third kappa shape index (κ3) is 19.2. The van der Waals surface area contributed by atoms with Crippen LogP contribution in [-0.4, -0.2) is 65.0 Å². The largest absolute Gasteiger partial charge is 0.417 e. The summed E-state index contributed by atoms with van der Waals surface area (Å²) < 4.78 is 48.8. The topological polar surface area (TPSA) is 260 Å². The third-order valence-corrected chi connectivity index (χ3v) is 24.7. The molecule has 132 heavy (non-hydrogen) atoms. The fraction of sp³-hybridized carbons (Fsp3) is 0.144. The Kier molecular flexibility index (Phi) is 27.1. The Morgan fingerprint density at radius 1 is 0.424 bits per heavy atom. The van der Waals surface area contributed by atoms with Gasteiger partial charge in [-0.2, -0.15) is 13.2 Å². The van der Waals surface area contributed by atoms with Crippen molar-refractivity contribution in [3.8, 4) is 22.7 Å². The van der Waals surface area contributed by atoms with E-state index < -0.39 is 35.4 Å². The molecule has 1 fully saturated rings. The number of aryl methyl sites for hydroxylation is 1. The summed E-state index contributed by atoms with van der Waals surface area (Å²) in [6.45, 7) is 17.9. The number of amides is 2. The quantitative estimate of drug-likeness (QED) is 0.0521. The Hall–Kier alpha value is -14.9. The van der Waals surface area contributed by atoms with Gasteiger partial charge in [0.15, 0.2) is 0 Å². The first kappa shape index (κ1) is 90.5. The van der Waals surface area contributed by atoms with Gasteiger partial charge in [-0.3, -0.25) is 72.0 Å². The number of benzene rings is 8. The molecule has 1 aliphatic rings. The Labute approximate surface area is 774 Å². The van der Waals surface area contributed by atoms with Crippen LogP contribution in [0.2, 0.25) is 15.1 Å². The predicted octanol–water partition coefficient (Wildman–Crippen LogP) is 22.2. The molecular weight excluding hydrogens is 1750 g/mol. The highest BCUT2D eigenvalue weighted by atomic mass is 35.5. The Bertz CT molecular complexity index is 7710. The fourth-order valence-electron chi connectivity index (χ4n) is 16.2. The first-order valence-corrected chi connectivity index (χ1v) is 44.5. The number of rotatable bonds is 21. The van der Waals surface area contributed by atoms with Gasteiger partial charge in [0.2, 0.25) is 0 Å². The molecule has 19 rings (SSSR count). The van der Waals surface area contributed by atoms with Crippen LogP contribution in [0.25, 0.3) is 98.2 Å². The van der Waals surface area contributed by atoms with Crippen LogP contribution >= 0.6 is 46.1 Å². The number of para-hydroxylation sites is 4. The van der Waals surface area contributed by atoms with Crippen molar-refractivity contribution in [1.29, 1.82) is 0 Å². The number of alkyl halides is 3. The van der Waals surface area contributed by atoms with E-state index in [4.69, 9.17) is 34.8 Å². The number of fused-ring (bicyclic) bond motifs is 6. The number of hydrogen-bond acceptors (Lipinski definition) is 16. The fourth-order valence-corrected chi connectivity index (χ4v) is 17.9. The molecule has 0 radical (unpaired) electrons. The lowest BCUT2D eigenvalue weighted by Crippen LogP contribution is -2.33. The smallest absolute Gasteiger partial charge is 0.377 e. The van der Waals surface area contributed by atoms with Gasteiger partial charge in [0.1, 0.15) is 11.4 Å². The number of hydrogen-bond donors (Lipinski definition) is 4. The number of carbonyl (C=O) groups is 2. The Morgan fingerprint density at radius 2 is 0.818 bits per heavy atom. The lowest BCUT2D eigenvalue weighted by Gasteiger charge is -2.23. The molecule has 18 aromatic rings. The Balaban J connectivity index is 0.000000129. The zero-order chi connectivity index (χ0) is 92.6. The number of halogens is 6. The summed E-state index contributed by atoms with van der Waals surface area (Å²) in [5.41, 5.74) is 8.86. The van der Waals surface area contributed by atoms with Crippen molar-refractivity contribution in [3.05, 3.63) is 430 Å². The SMILES string of the molecule is C=C(N[C@@H](C)c1cc2cccc(C(F)(F)F)c2c(=O)n1-c1ccccc1)c1cncc2ccncc12.C=C(N[C@@H](C)c1cc2cccc(Cl)c2c(=O)n1-c1ccccc1)c1csc2cccnc12.CCc1nccnc1C(=O)N[C@@H](C)c1cc2cccc(Cl)c2c(=O)n1-c1ccccc1.C[C@H](NC(=O)c1nccnc1CC1CC1)c1cc2cccc(Cl)c2c(=O)n1-c1ccccc1. The average Bonchev–Trinajstić information content (AvgIpc) is 0.846. The summed E-state index contributed by atoms with van der Waals surface area (Å²) in [4.78, 5) is 110. The van der Waals surface area contributed by atoms with Crippen LogP contribution in [0.1, 0.15) is 143 Å². The van der Waals surface area contributed by atoms with E-state index in [2.05, 4.69) is 74.7 Å². The van der Waals surface area contributed by atoms with Crippen LogP contribution in [0, 0.1) is 5.92 Å². The van der Waals surface area contributed by atoms with E-state index in [9.17, 15) is 41.9 Å². The van der Waals surface area contributed by atoms with Crippen molar-refractivity contribution in [2.45, 2.75) is 90.6 Å². The molecule has 0 bridgehead atoms. The van der Waals surface area contributed by atoms with E-state index >= 15 is 0 Å². The number of pyridine rings is 7. The summed E-state index contributed by atoms with van der Waals surface area (Å²) in [7, 11) is 0. The van der Waals surface area contributed by atoms with E-state index in [0.717, 1.165) is 96.4 Å². The van der Waals surface area contributed by atoms with Gasteiger partial charge >= 0.3 is 6.18 Å². The van der Waals surface area contributed by atoms with Crippen LogP contribution in [-0.2, 0) is 19.0 Å². The molecule has 10 aromatic heterocycles. The van der Waals surface area contributed by atoms with Gasteiger partial charge in [0.05, 0.1) is 87.9 Å². The molecule has 660 valence electrons. The summed E-state index contributed by atoms with van der Waals surface area (Å²) in [6, 6.07) is 68.5. The van der Waals surface area contributed by atoms with Crippen molar-refractivity contribution < 1.29 is 22.8 Å². The maximum atomic E-state index is 13.8. The number of nitrogens with zero attached hydrogens (tertiary/aromatic N) is 11. The molecule has 10 heterocycles. The first-order valence-electron chi connectivity index (χ1n) is 42.5. The van der Waals surface area contributed by atoms with Gasteiger partial charge in [0.25, 0.3) is 34.1 Å². The van der Waals surface area contributed by atoms with Gasteiger partial charge in [-0.1, -0.05) is 176 Å². The maximum Gasteiger partial charge on any atom is 0.417 e. The van der Waals surface area contributed by atoms with Crippen LogP contribution in [0.15, 0.2) is 330 Å². The van der Waals surface area contributed by atoms with Crippen molar-refractivity contribution in [2.24, 2.45) is 5.92 Å². The van der Waals surface area contributed by atoms with E-state index in [1.54, 1.807) is 129 Å². The summed E-state index contributed by atoms with van der Waals surface area (Å²) >= 11 is 20.8. The lowest BCUT2D eigenvalue weighted by molar-refractivity contribution is -0.136. The number of thiophene rings is 1. The highest BCUT2D eigenvalue weighted by molar-refractivity contribution is 7.17. The summed E-state index contributed by atoms with van der Waals surface area (Å²) in [5.74, 6) is -0.0561. The molecule has 1 aliphatic carbocycles. The van der Waals surface area contributed by atoms with Gasteiger partial charge < -0.3 is 21.3 Å². The molecule has 4 N–H and O–H groups in total. The van der Waals surface area contributed by atoms with Crippen LogP contribution < -0.4 is 43.5 Å². The standard InChI is InChI=1S/C28H21F3N4O.C26H23ClN4O2.C26H20ClN3OS.C24H21ClN4O2/c1-17(22-15-33-14-20-11-12-32-16-23(20)22)34-18(2)25-13-19-7-6-10-24(28(29,30)31)26(19)27(36)35(25)21-8-4-3-5-9-21;1-16(30-25(32)24-21(14-17-10-11-17)28-12-13-29-24)22-15-18-6-5-9-20(27)23(18)26(33)31(22)19-7-3-2-4-8-19;1-16(20-15-32-23-12-7-13-28-25(20)23)29-17(2)22-14-18-8-6-11-21(27)24(18)26(31)30(22)19-9-4-3-5-10-19;1-3-19-22(27-13-12-26-19)23(30)28-15(2)20-14-16-8-7-11-18(25)21(16)24(31)29(20)17-9-5-4-6-10-17/h3-16,18,34H,1H2,2H3;2-9,12-13,15-17H,10-11,14H2,1H3,(H,30,32);3-15,17,29H,1H2,2H3;4-15H,3H2,1-2H3,(H,28,30)/t18-;16-;17-;15-/m0000/s1. The van der Waals surface area contributed by atoms with Gasteiger partial charge in [-0.05, 0) is 196 Å². The number of carbonyl (C=O) groups excluding carboxylic acids is 2. The predicted molar refractivity (Wildman–Crippen MR) is 520 cm³/mol. The van der Waals surface area contributed by atoms with Gasteiger partial charge in [-0.15, -0.1) is 11.3 Å². The molecule has 0 unspecified atom stereocenters. The molecule has 0 aliphatic heterocycles. The van der Waals surface area contributed by atoms with E-state index in [-0.39, 0.29) is 51.0 Å². The summed E-state index contributed by atoms with van der Waals surface area (Å²) in [6.07, 6.45) is 13.8. The molecule has 1 saturated carbocycles. The highest BCUT2D eigenvalue weighted by Crippen LogP contribution is 2.38. The summed E-state index contributed by atoms with van der Waals surface area (Å²) in [5, 5.41) is 21.3. The van der Waals surface area contributed by atoms with Crippen molar-refractivity contribution in [3.63, 3.8) is 0 Å². The molecule has 2 amide bonds. The number of nitrogens with one attached hydrogen (secondary N) is 4. The van der Waals surface area contributed by atoms with E-state index in [1.165, 1.54) is 29.1 Å². The zero-order valence-electron chi connectivity index (χ0n) is 72.0. The van der Waals surface area contributed by atoms with Crippen LogP contribution in [0.4, 0.5) is 13.2 Å². The molecular formula is C104H85Cl3F3N15O6S. The normalized spacial score (nSPS) is 12.8. The molecule has 21 nitrogen and oxygen atoms in total. The van der Waals surface area contributed by atoms with Crippen molar-refractivity contribution in [2.75, 3.05) is 0 Å². The molecule has 0 saturated heterocycles. The number of aromatic nitrogens is 11. The third-order valence-electron chi connectivity index (χ3n) is 22.8. The molecule has 0 spiro atoms. The minimum atomic E-state index is -4.66. The zero-order valence-corrected chi connectivity index (χ0v) is 75.0. The molecule has 8 aromatic carbocycles. The first-order chi connectivity index (χ1) is 63.8. The Morgan fingerprint density at radius 3 is 1.25 bits per heavy atom. The lowest BCUT2D eigenvalue weighted by atomic mass is 10.0. The van der Waals surface area contributed by atoms with Crippen LogP contribution in [0.3, 0.4) is 0 Å². The average molecular weight is 1840 g/mol. The van der Waals surface area contributed by atoms with Crippen molar-refractivity contribution >= 4 is 133 Å². The second-order valence-corrected chi connectivity index (χ2v) is 33.8. The van der Waals surface area contributed by atoms with Crippen molar-refractivity contribution in [1.82, 2.24) is 74.4 Å². The molecule has 28 heteroatoms. The van der Waals surface area contributed by atoms with Gasteiger partial charge in [0, 0.05) is 140 Å². The highest BCUT2D eigenvalue weighted by Gasteiger charge is 2.35. The van der Waals surface area contributed by atoms with Crippen LogP contribution in [0.5, 0.6) is 0 Å². The maximum absolute atomic E-state index is 13.8. The second kappa shape index (κ2) is 39.6. The monoisotopic (exact) mass is 1830 g/mol. The minimum Gasteiger partial charge on any atom is -0.377 e. The van der Waals surface area contributed by atoms with E-state index in [1.807, 2.05) is 192 Å². The van der Waals surface area contributed by atoms with E-state index in [0.29, 0.717) is 94.8 Å². The second-order valence-electron chi connectivity index (χ2n) is 31.6.